The van der Waals surface area contributed by atoms with E-state index >= 15 is 0 Å². The van der Waals surface area contributed by atoms with E-state index in [1.165, 1.54) is 5.56 Å². The minimum Gasteiger partial charge on any atom is -0.488 e. The molecule has 114 valence electrons. The van der Waals surface area contributed by atoms with Crippen LogP contribution in [-0.4, -0.2) is 16.1 Å². The van der Waals surface area contributed by atoms with E-state index in [1.54, 1.807) is 0 Å². The van der Waals surface area contributed by atoms with Gasteiger partial charge in [-0.25, -0.2) is 0 Å². The van der Waals surface area contributed by atoms with Crippen LogP contribution in [0.1, 0.15) is 45.9 Å². The number of fused-ring (bicyclic) bond motifs is 1. The van der Waals surface area contributed by atoms with E-state index in [1.807, 2.05) is 26.0 Å². The summed E-state index contributed by atoms with van der Waals surface area (Å²) in [6.07, 6.45) is 0.768. The molecule has 1 aromatic carbocycles. The monoisotopic (exact) mass is 286 g/mol. The Hall–Kier alpha value is -1.61. The predicted molar refractivity (Wildman–Crippen MR) is 88.8 cm³/mol. The quantitative estimate of drug-likeness (QED) is 0.927. The van der Waals surface area contributed by atoms with Crippen molar-refractivity contribution in [2.75, 3.05) is 0 Å². The molecular formula is C18H26N2O. The van der Waals surface area contributed by atoms with Crippen LogP contribution in [0.5, 0.6) is 5.75 Å². The van der Waals surface area contributed by atoms with Gasteiger partial charge in [0.25, 0.3) is 0 Å². The van der Waals surface area contributed by atoms with Crippen molar-refractivity contribution in [1.82, 2.24) is 4.98 Å². The summed E-state index contributed by atoms with van der Waals surface area (Å²) in [4.78, 5) is 4.72. The normalized spacial score (nSPS) is 12.7. The summed E-state index contributed by atoms with van der Waals surface area (Å²) in [5.41, 5.74) is 8.89. The maximum atomic E-state index is 6.10. The summed E-state index contributed by atoms with van der Waals surface area (Å²) in [5.74, 6) is 0.881. The first-order valence-electron chi connectivity index (χ1n) is 7.42. The first kappa shape index (κ1) is 15.8. The zero-order chi connectivity index (χ0) is 15.8. The van der Waals surface area contributed by atoms with Crippen molar-refractivity contribution in [2.45, 2.75) is 59.1 Å². The van der Waals surface area contributed by atoms with Gasteiger partial charge in [-0.1, -0.05) is 0 Å². The lowest BCUT2D eigenvalue weighted by Gasteiger charge is -2.22. The van der Waals surface area contributed by atoms with E-state index in [0.29, 0.717) is 0 Å². The second kappa shape index (κ2) is 5.30. The maximum absolute atomic E-state index is 6.10. The van der Waals surface area contributed by atoms with Crippen LogP contribution in [0.2, 0.25) is 0 Å². The SMILES string of the molecule is Cc1cc(CC(C)(C)N)nc2ccc(OC(C)(C)C)cc12. The average Bonchev–Trinajstić information content (AvgIpc) is 2.25. The van der Waals surface area contributed by atoms with Gasteiger partial charge in [0.15, 0.2) is 0 Å². The average molecular weight is 286 g/mol. The smallest absolute Gasteiger partial charge is 0.120 e. The second-order valence-corrected chi connectivity index (χ2v) is 7.49. The molecule has 0 spiro atoms. The molecule has 0 fully saturated rings. The summed E-state index contributed by atoms with van der Waals surface area (Å²) in [7, 11) is 0. The number of nitrogens with zero attached hydrogens (tertiary/aromatic N) is 1. The van der Waals surface area contributed by atoms with Crippen LogP contribution in [-0.2, 0) is 6.42 Å². The molecular weight excluding hydrogens is 260 g/mol. The van der Waals surface area contributed by atoms with Crippen LogP contribution in [0, 0.1) is 6.92 Å². The molecule has 3 nitrogen and oxygen atoms in total. The summed E-state index contributed by atoms with van der Waals surface area (Å²) in [6, 6.07) is 8.20. The van der Waals surface area contributed by atoms with E-state index in [0.717, 1.165) is 28.8 Å². The standard InChI is InChI=1S/C18H26N2O/c1-12-9-13(11-18(5,6)19)20-16-8-7-14(10-15(12)16)21-17(2,3)4/h7-10H,11,19H2,1-6H3. The molecule has 0 saturated heterocycles. The highest BCUT2D eigenvalue weighted by molar-refractivity contribution is 5.83. The van der Waals surface area contributed by atoms with Crippen molar-refractivity contribution in [3.05, 3.63) is 35.5 Å². The number of nitrogens with two attached hydrogens (primary N) is 1. The largest absolute Gasteiger partial charge is 0.488 e. The summed E-state index contributed by atoms with van der Waals surface area (Å²) < 4.78 is 5.93. The van der Waals surface area contributed by atoms with Crippen LogP contribution >= 0.6 is 0 Å². The molecule has 0 unspecified atom stereocenters. The van der Waals surface area contributed by atoms with Crippen molar-refractivity contribution in [2.24, 2.45) is 5.73 Å². The Kier molecular flexibility index (Phi) is 3.98. The first-order valence-corrected chi connectivity index (χ1v) is 7.42. The van der Waals surface area contributed by atoms with Gasteiger partial charge in [0.1, 0.15) is 11.4 Å². The molecule has 3 heteroatoms. The zero-order valence-corrected chi connectivity index (χ0v) is 13.9. The molecule has 2 aromatic rings. The van der Waals surface area contributed by atoms with Crippen LogP contribution in [0.3, 0.4) is 0 Å². The molecule has 0 radical (unpaired) electrons. The van der Waals surface area contributed by atoms with Gasteiger partial charge >= 0.3 is 0 Å². The molecule has 0 atom stereocenters. The number of aromatic nitrogens is 1. The number of ether oxygens (including phenoxy) is 1. The topological polar surface area (TPSA) is 48.1 Å². The number of hydrogen-bond donors (Lipinski definition) is 1. The molecule has 1 aromatic heterocycles. The van der Waals surface area contributed by atoms with Crippen LogP contribution in [0.15, 0.2) is 24.3 Å². The Morgan fingerprint density at radius 2 is 1.76 bits per heavy atom. The third-order valence-corrected chi connectivity index (χ3v) is 3.10. The summed E-state index contributed by atoms with van der Waals surface area (Å²) in [5, 5.41) is 1.13. The lowest BCUT2D eigenvalue weighted by Crippen LogP contribution is -2.34. The minimum atomic E-state index is -0.248. The van der Waals surface area contributed by atoms with Gasteiger partial charge in [-0.15, -0.1) is 0 Å². The minimum absolute atomic E-state index is 0.196. The summed E-state index contributed by atoms with van der Waals surface area (Å²) >= 11 is 0. The van der Waals surface area contributed by atoms with Crippen molar-refractivity contribution in [1.29, 1.82) is 0 Å². The Balaban J connectivity index is 2.41. The highest BCUT2D eigenvalue weighted by atomic mass is 16.5. The van der Waals surface area contributed by atoms with Gasteiger partial charge in [-0.05, 0) is 71.4 Å². The fourth-order valence-electron chi connectivity index (χ4n) is 2.42. The Labute approximate surface area is 127 Å². The Morgan fingerprint density at radius 3 is 2.33 bits per heavy atom. The van der Waals surface area contributed by atoms with Crippen molar-refractivity contribution >= 4 is 10.9 Å². The molecule has 21 heavy (non-hydrogen) atoms. The molecule has 0 bridgehead atoms. The second-order valence-electron chi connectivity index (χ2n) is 7.49. The van der Waals surface area contributed by atoms with Crippen molar-refractivity contribution in [3.8, 4) is 5.75 Å². The fraction of sp³-hybridized carbons (Fsp3) is 0.500. The van der Waals surface area contributed by atoms with Crippen molar-refractivity contribution < 1.29 is 4.74 Å². The molecule has 2 rings (SSSR count). The molecule has 0 saturated carbocycles. The number of rotatable bonds is 3. The highest BCUT2D eigenvalue weighted by Crippen LogP contribution is 2.26. The van der Waals surface area contributed by atoms with Crippen LogP contribution in [0.4, 0.5) is 0 Å². The Morgan fingerprint density at radius 1 is 1.10 bits per heavy atom. The molecule has 0 amide bonds. The molecule has 0 aliphatic carbocycles. The van der Waals surface area contributed by atoms with Crippen LogP contribution in [0.25, 0.3) is 10.9 Å². The highest BCUT2D eigenvalue weighted by Gasteiger charge is 2.15. The number of hydrogen-bond acceptors (Lipinski definition) is 3. The zero-order valence-electron chi connectivity index (χ0n) is 13.9. The summed E-state index contributed by atoms with van der Waals surface area (Å²) in [6.45, 7) is 12.3. The third-order valence-electron chi connectivity index (χ3n) is 3.10. The van der Waals surface area contributed by atoms with Gasteiger partial charge in [-0.2, -0.15) is 0 Å². The van der Waals surface area contributed by atoms with E-state index in [-0.39, 0.29) is 11.1 Å². The predicted octanol–water partition coefficient (Wildman–Crippen LogP) is 4.00. The van der Waals surface area contributed by atoms with Crippen molar-refractivity contribution in [3.63, 3.8) is 0 Å². The lowest BCUT2D eigenvalue weighted by atomic mass is 9.98. The van der Waals surface area contributed by atoms with Gasteiger partial charge in [0, 0.05) is 23.0 Å². The van der Waals surface area contributed by atoms with E-state index in [2.05, 4.69) is 39.8 Å². The maximum Gasteiger partial charge on any atom is 0.120 e. The van der Waals surface area contributed by atoms with Gasteiger partial charge in [0.05, 0.1) is 5.52 Å². The van der Waals surface area contributed by atoms with Gasteiger partial charge in [0.2, 0.25) is 0 Å². The number of benzene rings is 1. The number of aryl methyl sites for hydroxylation is 1. The van der Waals surface area contributed by atoms with E-state index < -0.39 is 0 Å². The van der Waals surface area contributed by atoms with Gasteiger partial charge < -0.3 is 10.5 Å². The lowest BCUT2D eigenvalue weighted by molar-refractivity contribution is 0.131. The fourth-order valence-corrected chi connectivity index (χ4v) is 2.42. The van der Waals surface area contributed by atoms with E-state index in [4.69, 9.17) is 15.5 Å². The molecule has 0 aliphatic rings. The van der Waals surface area contributed by atoms with Crippen LogP contribution < -0.4 is 10.5 Å². The third kappa shape index (κ3) is 4.43. The van der Waals surface area contributed by atoms with Gasteiger partial charge in [-0.3, -0.25) is 4.98 Å². The molecule has 0 aliphatic heterocycles. The molecule has 1 heterocycles. The Bertz CT molecular complexity index is 649. The number of pyridine rings is 1. The van der Waals surface area contributed by atoms with E-state index in [9.17, 15) is 0 Å². The first-order chi connectivity index (χ1) is 9.53. The molecule has 2 N–H and O–H groups in total.